The van der Waals surface area contributed by atoms with Gasteiger partial charge in [-0.2, -0.15) is 5.10 Å². The first-order valence-electron chi connectivity index (χ1n) is 5.92. The van der Waals surface area contributed by atoms with Crippen molar-refractivity contribution in [1.82, 2.24) is 14.7 Å². The molecule has 0 saturated carbocycles. The van der Waals surface area contributed by atoms with Gasteiger partial charge in [-0.3, -0.25) is 9.48 Å². The molecule has 2 N–H and O–H groups in total. The van der Waals surface area contributed by atoms with Crippen LogP contribution in [-0.2, 0) is 11.8 Å². The summed E-state index contributed by atoms with van der Waals surface area (Å²) in [6.07, 6.45) is 1.23. The summed E-state index contributed by atoms with van der Waals surface area (Å²) in [5.41, 5.74) is 1.43. The molecule has 0 aliphatic carbocycles. The van der Waals surface area contributed by atoms with Crippen molar-refractivity contribution in [1.29, 1.82) is 0 Å². The fraction of sp³-hybridized carbons (Fsp3) is 0.500. The second-order valence-corrected chi connectivity index (χ2v) is 4.98. The average molecular weight is 286 g/mol. The van der Waals surface area contributed by atoms with Crippen LogP contribution in [-0.4, -0.2) is 56.1 Å². The lowest BCUT2D eigenvalue weighted by molar-refractivity contribution is -0.125. The molecule has 1 aliphatic heterocycles. The van der Waals surface area contributed by atoms with Gasteiger partial charge < -0.3 is 15.1 Å². The third kappa shape index (κ3) is 2.80. The Bertz CT molecular complexity index is 517. The number of aromatic nitrogens is 2. The Morgan fingerprint density at radius 3 is 2.47 bits per heavy atom. The van der Waals surface area contributed by atoms with Gasteiger partial charge in [0.05, 0.1) is 17.9 Å². The summed E-state index contributed by atoms with van der Waals surface area (Å²) >= 11 is 6.05. The standard InChI is InChI=1S/C12H16ClN3O3/c1-7-8(12(13)15(2)14-7)3-4-11(19)16-5-9(17)10(18)6-16/h3-4,9-10,17-18H,5-6H2,1-2H3/t9-,10+. The number of nitrogens with zero attached hydrogens (tertiary/aromatic N) is 3. The first-order valence-corrected chi connectivity index (χ1v) is 6.30. The highest BCUT2D eigenvalue weighted by atomic mass is 35.5. The maximum Gasteiger partial charge on any atom is 0.246 e. The quantitative estimate of drug-likeness (QED) is 0.748. The number of halogens is 1. The summed E-state index contributed by atoms with van der Waals surface area (Å²) in [7, 11) is 1.72. The monoisotopic (exact) mass is 285 g/mol. The molecular formula is C12H16ClN3O3. The van der Waals surface area contributed by atoms with E-state index in [0.717, 1.165) is 5.69 Å². The van der Waals surface area contributed by atoms with Gasteiger partial charge in [-0.1, -0.05) is 11.6 Å². The number of β-amino-alcohol motifs (C(OH)–C–C–N with tert-alkyl or cyclic N) is 2. The minimum atomic E-state index is -0.874. The molecule has 19 heavy (non-hydrogen) atoms. The third-order valence-corrected chi connectivity index (χ3v) is 3.61. The molecule has 2 rings (SSSR count). The van der Waals surface area contributed by atoms with Crippen LogP contribution in [0.25, 0.3) is 6.08 Å². The van der Waals surface area contributed by atoms with Gasteiger partial charge in [0, 0.05) is 31.8 Å². The highest BCUT2D eigenvalue weighted by Crippen LogP contribution is 2.20. The number of rotatable bonds is 2. The molecule has 2 heterocycles. The lowest BCUT2D eigenvalue weighted by Gasteiger charge is -2.11. The van der Waals surface area contributed by atoms with Gasteiger partial charge in [0.25, 0.3) is 0 Å². The molecule has 1 aliphatic rings. The van der Waals surface area contributed by atoms with Gasteiger partial charge >= 0.3 is 0 Å². The molecule has 1 saturated heterocycles. The van der Waals surface area contributed by atoms with Gasteiger partial charge in [0.2, 0.25) is 5.91 Å². The summed E-state index contributed by atoms with van der Waals surface area (Å²) < 4.78 is 1.53. The summed E-state index contributed by atoms with van der Waals surface area (Å²) in [6.45, 7) is 2.09. The lowest BCUT2D eigenvalue weighted by Crippen LogP contribution is -2.27. The van der Waals surface area contributed by atoms with Crippen LogP contribution in [0.15, 0.2) is 6.08 Å². The van der Waals surface area contributed by atoms with Crippen molar-refractivity contribution in [2.45, 2.75) is 19.1 Å². The molecule has 1 fully saturated rings. The molecular weight excluding hydrogens is 270 g/mol. The highest BCUT2D eigenvalue weighted by molar-refractivity contribution is 6.31. The molecule has 0 radical (unpaired) electrons. The summed E-state index contributed by atoms with van der Waals surface area (Å²) in [6, 6.07) is 0. The Morgan fingerprint density at radius 1 is 1.42 bits per heavy atom. The molecule has 1 aromatic rings. The Morgan fingerprint density at radius 2 is 2.00 bits per heavy atom. The predicted molar refractivity (Wildman–Crippen MR) is 70.6 cm³/mol. The second kappa shape index (κ2) is 5.32. The summed E-state index contributed by atoms with van der Waals surface area (Å²) in [5.74, 6) is -0.269. The number of likely N-dealkylation sites (tertiary alicyclic amines) is 1. The van der Waals surface area contributed by atoms with E-state index in [9.17, 15) is 15.0 Å². The Balaban J connectivity index is 2.09. The van der Waals surface area contributed by atoms with Crippen LogP contribution in [0.4, 0.5) is 0 Å². The van der Waals surface area contributed by atoms with Crippen LogP contribution in [0, 0.1) is 6.92 Å². The van der Waals surface area contributed by atoms with E-state index in [2.05, 4.69) is 5.10 Å². The van der Waals surface area contributed by atoms with E-state index in [-0.39, 0.29) is 19.0 Å². The fourth-order valence-electron chi connectivity index (χ4n) is 2.05. The van der Waals surface area contributed by atoms with Crippen LogP contribution in [0.3, 0.4) is 0 Å². The van der Waals surface area contributed by atoms with Gasteiger partial charge in [0.15, 0.2) is 0 Å². The van der Waals surface area contributed by atoms with E-state index in [1.54, 1.807) is 20.0 Å². The Hall–Kier alpha value is -1.37. The topological polar surface area (TPSA) is 78.6 Å². The SMILES string of the molecule is Cc1nn(C)c(Cl)c1C=CC(=O)N1C[C@@H](O)[C@@H](O)C1. The fourth-order valence-corrected chi connectivity index (χ4v) is 2.28. The number of carbonyl (C=O) groups excluding carboxylic acids is 1. The normalized spacial score (nSPS) is 23.5. The molecule has 0 spiro atoms. The number of amides is 1. The third-order valence-electron chi connectivity index (χ3n) is 3.16. The van der Waals surface area contributed by atoms with Gasteiger partial charge in [0.1, 0.15) is 5.15 Å². The molecule has 2 atom stereocenters. The first kappa shape index (κ1) is 14.0. The maximum absolute atomic E-state index is 11.9. The molecule has 0 unspecified atom stereocenters. The van der Waals surface area contributed by atoms with Crippen LogP contribution < -0.4 is 0 Å². The molecule has 104 valence electrons. The minimum Gasteiger partial charge on any atom is -0.388 e. The van der Waals surface area contributed by atoms with Gasteiger partial charge in [-0.25, -0.2) is 0 Å². The number of hydrogen-bond donors (Lipinski definition) is 2. The first-order chi connectivity index (χ1) is 8.90. The van der Waals surface area contributed by atoms with Crippen molar-refractivity contribution in [3.8, 4) is 0 Å². The van der Waals surface area contributed by atoms with Crippen LogP contribution in [0.1, 0.15) is 11.3 Å². The van der Waals surface area contributed by atoms with E-state index >= 15 is 0 Å². The maximum atomic E-state index is 11.9. The van der Waals surface area contributed by atoms with Gasteiger partial charge in [-0.15, -0.1) is 0 Å². The Labute approximate surface area is 115 Å². The van der Waals surface area contributed by atoms with Crippen molar-refractivity contribution in [2.24, 2.45) is 7.05 Å². The number of aliphatic hydroxyl groups excluding tert-OH is 2. The zero-order valence-electron chi connectivity index (χ0n) is 10.7. The number of hydrogen-bond acceptors (Lipinski definition) is 4. The van der Waals surface area contributed by atoms with Crippen molar-refractivity contribution < 1.29 is 15.0 Å². The average Bonchev–Trinajstić information content (AvgIpc) is 2.80. The second-order valence-electron chi connectivity index (χ2n) is 4.62. The summed E-state index contributed by atoms with van der Waals surface area (Å²) in [4.78, 5) is 13.3. The highest BCUT2D eigenvalue weighted by Gasteiger charge is 2.31. The molecule has 6 nitrogen and oxygen atoms in total. The van der Waals surface area contributed by atoms with E-state index in [0.29, 0.717) is 10.7 Å². The molecule has 1 amide bonds. The zero-order chi connectivity index (χ0) is 14.2. The van der Waals surface area contributed by atoms with Gasteiger partial charge in [-0.05, 0) is 13.0 Å². The van der Waals surface area contributed by atoms with Crippen molar-refractivity contribution in [3.05, 3.63) is 22.5 Å². The van der Waals surface area contributed by atoms with Crippen LogP contribution >= 0.6 is 11.6 Å². The largest absolute Gasteiger partial charge is 0.388 e. The van der Waals surface area contributed by atoms with E-state index in [4.69, 9.17) is 11.6 Å². The van der Waals surface area contributed by atoms with Crippen molar-refractivity contribution in [2.75, 3.05) is 13.1 Å². The Kier molecular flexibility index (Phi) is 3.93. The zero-order valence-corrected chi connectivity index (χ0v) is 11.5. The van der Waals surface area contributed by atoms with Crippen LogP contribution in [0.2, 0.25) is 5.15 Å². The smallest absolute Gasteiger partial charge is 0.246 e. The van der Waals surface area contributed by atoms with Crippen molar-refractivity contribution in [3.63, 3.8) is 0 Å². The number of aryl methyl sites for hydroxylation is 2. The number of aliphatic hydroxyl groups is 2. The number of carbonyl (C=O) groups is 1. The van der Waals surface area contributed by atoms with Crippen molar-refractivity contribution >= 4 is 23.6 Å². The van der Waals surface area contributed by atoms with E-state index in [1.165, 1.54) is 15.7 Å². The molecule has 0 bridgehead atoms. The molecule has 7 heteroatoms. The minimum absolute atomic E-state index is 0.143. The van der Waals surface area contributed by atoms with E-state index < -0.39 is 12.2 Å². The lowest BCUT2D eigenvalue weighted by atomic mass is 10.2. The van der Waals surface area contributed by atoms with E-state index in [1.807, 2.05) is 0 Å². The summed E-state index contributed by atoms with van der Waals surface area (Å²) in [5, 5.41) is 23.4. The molecule has 1 aromatic heterocycles. The van der Waals surface area contributed by atoms with Crippen LogP contribution in [0.5, 0.6) is 0 Å². The predicted octanol–water partition coefficient (Wildman–Crippen LogP) is -0.0409. The molecule has 0 aromatic carbocycles.